The van der Waals surface area contributed by atoms with Crippen LogP contribution < -0.4 is 4.74 Å². The number of thioether (sulfide) groups is 1. The van der Waals surface area contributed by atoms with Crippen LogP contribution in [-0.4, -0.2) is 9.97 Å². The normalized spacial score (nSPS) is 13.2. The lowest BCUT2D eigenvalue weighted by Crippen LogP contribution is -2.10. The summed E-state index contributed by atoms with van der Waals surface area (Å²) in [5.74, 6) is -0.492. The first-order valence-corrected chi connectivity index (χ1v) is 10.4. The van der Waals surface area contributed by atoms with Crippen LogP contribution in [-0.2, 0) is 18.6 Å². The van der Waals surface area contributed by atoms with E-state index < -0.39 is 11.6 Å². The molecule has 1 aliphatic carbocycles. The van der Waals surface area contributed by atoms with Crippen LogP contribution in [0.2, 0.25) is 5.02 Å². The highest BCUT2D eigenvalue weighted by atomic mass is 35.5. The standard InChI is InChI=1S/C21H17ClF2N2OS/c22-16-7-3-1-5-13(16)12-28-21-25-18-8-4-2-6-15(18)20(26-21)27-19-10-9-14(23)11-17(19)24/h1,3,5,7,9-11H,2,4,6,8,12H2. The minimum absolute atomic E-state index is 0.0464. The Morgan fingerprint density at radius 2 is 1.86 bits per heavy atom. The lowest BCUT2D eigenvalue weighted by atomic mass is 9.97. The van der Waals surface area contributed by atoms with Gasteiger partial charge in [-0.2, -0.15) is 4.98 Å². The predicted molar refractivity (Wildman–Crippen MR) is 106 cm³/mol. The Labute approximate surface area is 171 Å². The number of aryl methyl sites for hydroxylation is 1. The molecule has 0 spiro atoms. The van der Waals surface area contributed by atoms with Gasteiger partial charge >= 0.3 is 0 Å². The van der Waals surface area contributed by atoms with Crippen molar-refractivity contribution in [3.05, 3.63) is 75.9 Å². The molecule has 1 aliphatic rings. The maximum absolute atomic E-state index is 14.1. The first kappa shape index (κ1) is 19.2. The molecular formula is C21H17ClF2N2OS. The fourth-order valence-electron chi connectivity index (χ4n) is 3.11. The van der Waals surface area contributed by atoms with E-state index in [0.717, 1.165) is 48.6 Å². The van der Waals surface area contributed by atoms with Gasteiger partial charge < -0.3 is 4.74 Å². The molecule has 1 aromatic heterocycles. The van der Waals surface area contributed by atoms with Crippen molar-refractivity contribution in [1.82, 2.24) is 9.97 Å². The Hall–Kier alpha value is -2.18. The summed E-state index contributed by atoms with van der Waals surface area (Å²) in [5.41, 5.74) is 2.82. The predicted octanol–water partition coefficient (Wildman–Crippen LogP) is 6.37. The smallest absolute Gasteiger partial charge is 0.226 e. The largest absolute Gasteiger partial charge is 0.435 e. The zero-order chi connectivity index (χ0) is 19.5. The Morgan fingerprint density at radius 1 is 1.04 bits per heavy atom. The van der Waals surface area contributed by atoms with Crippen LogP contribution in [0, 0.1) is 11.6 Å². The van der Waals surface area contributed by atoms with Crippen LogP contribution in [0.5, 0.6) is 11.6 Å². The van der Waals surface area contributed by atoms with Gasteiger partial charge in [0.15, 0.2) is 16.7 Å². The van der Waals surface area contributed by atoms with E-state index in [1.54, 1.807) is 0 Å². The SMILES string of the molecule is Fc1ccc(Oc2nc(SCc3ccccc3Cl)nc3c2CCCC3)c(F)c1. The van der Waals surface area contributed by atoms with Gasteiger partial charge in [-0.3, -0.25) is 0 Å². The molecule has 0 aliphatic heterocycles. The zero-order valence-electron chi connectivity index (χ0n) is 14.9. The molecule has 2 aromatic carbocycles. The highest BCUT2D eigenvalue weighted by Crippen LogP contribution is 2.34. The maximum Gasteiger partial charge on any atom is 0.226 e. The topological polar surface area (TPSA) is 35.0 Å². The van der Waals surface area contributed by atoms with E-state index in [-0.39, 0.29) is 5.75 Å². The van der Waals surface area contributed by atoms with Crippen molar-refractivity contribution in [3.63, 3.8) is 0 Å². The fraction of sp³-hybridized carbons (Fsp3) is 0.238. The molecule has 28 heavy (non-hydrogen) atoms. The van der Waals surface area contributed by atoms with Crippen molar-refractivity contribution in [3.8, 4) is 11.6 Å². The molecular weight excluding hydrogens is 402 g/mol. The average molecular weight is 419 g/mol. The molecule has 0 N–H and O–H groups in total. The minimum Gasteiger partial charge on any atom is -0.435 e. The van der Waals surface area contributed by atoms with Gasteiger partial charge in [0.1, 0.15) is 5.82 Å². The van der Waals surface area contributed by atoms with Crippen LogP contribution in [0.25, 0.3) is 0 Å². The first-order chi connectivity index (χ1) is 13.6. The molecule has 0 radical (unpaired) electrons. The van der Waals surface area contributed by atoms with Crippen LogP contribution in [0.4, 0.5) is 8.78 Å². The average Bonchev–Trinajstić information content (AvgIpc) is 2.69. The van der Waals surface area contributed by atoms with Crippen molar-refractivity contribution in [2.24, 2.45) is 0 Å². The number of benzene rings is 2. The summed E-state index contributed by atoms with van der Waals surface area (Å²) in [5, 5.41) is 1.25. The Morgan fingerprint density at radius 3 is 2.68 bits per heavy atom. The number of aromatic nitrogens is 2. The molecule has 3 aromatic rings. The lowest BCUT2D eigenvalue weighted by molar-refractivity contribution is 0.408. The highest BCUT2D eigenvalue weighted by molar-refractivity contribution is 7.98. The van der Waals surface area contributed by atoms with Crippen molar-refractivity contribution >= 4 is 23.4 Å². The second-order valence-electron chi connectivity index (χ2n) is 6.50. The summed E-state index contributed by atoms with van der Waals surface area (Å²) < 4.78 is 33.0. The molecule has 0 unspecified atom stereocenters. The molecule has 144 valence electrons. The molecule has 0 atom stereocenters. The van der Waals surface area contributed by atoms with E-state index in [4.69, 9.17) is 16.3 Å². The van der Waals surface area contributed by atoms with Gasteiger partial charge in [0.05, 0.1) is 5.69 Å². The fourth-order valence-corrected chi connectivity index (χ4v) is 4.25. The van der Waals surface area contributed by atoms with E-state index in [1.165, 1.54) is 23.9 Å². The number of rotatable bonds is 5. The van der Waals surface area contributed by atoms with Crippen LogP contribution in [0.15, 0.2) is 47.6 Å². The Kier molecular flexibility index (Phi) is 5.78. The van der Waals surface area contributed by atoms with E-state index in [9.17, 15) is 8.78 Å². The number of hydrogen-bond acceptors (Lipinski definition) is 4. The van der Waals surface area contributed by atoms with E-state index >= 15 is 0 Å². The molecule has 3 nitrogen and oxygen atoms in total. The number of ether oxygens (including phenoxy) is 1. The Balaban J connectivity index is 1.63. The number of fused-ring (bicyclic) bond motifs is 1. The summed E-state index contributed by atoms with van der Waals surface area (Å²) >= 11 is 7.67. The first-order valence-electron chi connectivity index (χ1n) is 8.99. The third-order valence-corrected chi connectivity index (χ3v) is 5.80. The monoisotopic (exact) mass is 418 g/mol. The minimum atomic E-state index is -0.756. The molecule has 0 bridgehead atoms. The van der Waals surface area contributed by atoms with Gasteiger partial charge in [-0.15, -0.1) is 0 Å². The zero-order valence-corrected chi connectivity index (χ0v) is 16.5. The lowest BCUT2D eigenvalue weighted by Gasteiger charge is -2.19. The molecule has 0 fully saturated rings. The molecule has 0 saturated carbocycles. The maximum atomic E-state index is 14.1. The van der Waals surface area contributed by atoms with Crippen molar-refractivity contribution in [1.29, 1.82) is 0 Å². The van der Waals surface area contributed by atoms with Gasteiger partial charge in [-0.1, -0.05) is 41.6 Å². The quantitative estimate of drug-likeness (QED) is 0.356. The molecule has 1 heterocycles. The number of nitrogens with zero attached hydrogens (tertiary/aromatic N) is 2. The van der Waals surface area contributed by atoms with E-state index in [0.29, 0.717) is 21.8 Å². The van der Waals surface area contributed by atoms with Crippen molar-refractivity contribution in [2.75, 3.05) is 0 Å². The van der Waals surface area contributed by atoms with Gasteiger partial charge in [0, 0.05) is 22.4 Å². The second-order valence-corrected chi connectivity index (χ2v) is 7.85. The van der Waals surface area contributed by atoms with Gasteiger partial charge in [-0.25, -0.2) is 13.8 Å². The molecule has 0 amide bonds. The molecule has 4 rings (SSSR count). The molecule has 0 saturated heterocycles. The van der Waals surface area contributed by atoms with Crippen LogP contribution in [0.3, 0.4) is 0 Å². The van der Waals surface area contributed by atoms with E-state index in [2.05, 4.69) is 9.97 Å². The summed E-state index contributed by atoms with van der Waals surface area (Å²) in [4.78, 5) is 9.19. The second kappa shape index (κ2) is 8.45. The van der Waals surface area contributed by atoms with Crippen LogP contribution >= 0.6 is 23.4 Å². The third-order valence-electron chi connectivity index (χ3n) is 4.54. The number of halogens is 3. The van der Waals surface area contributed by atoms with E-state index in [1.807, 2.05) is 24.3 Å². The molecule has 7 heteroatoms. The Bertz CT molecular complexity index is 1020. The van der Waals surface area contributed by atoms with Crippen molar-refractivity contribution < 1.29 is 13.5 Å². The van der Waals surface area contributed by atoms with Gasteiger partial charge in [0.2, 0.25) is 5.88 Å². The summed E-state index contributed by atoms with van der Waals surface area (Å²) in [6.07, 6.45) is 3.66. The summed E-state index contributed by atoms with van der Waals surface area (Å²) in [6.45, 7) is 0. The summed E-state index contributed by atoms with van der Waals surface area (Å²) in [7, 11) is 0. The summed E-state index contributed by atoms with van der Waals surface area (Å²) in [6, 6.07) is 10.9. The number of hydrogen-bond donors (Lipinski definition) is 0. The van der Waals surface area contributed by atoms with Gasteiger partial charge in [0.25, 0.3) is 0 Å². The van der Waals surface area contributed by atoms with Gasteiger partial charge in [-0.05, 0) is 49.4 Å². The highest BCUT2D eigenvalue weighted by Gasteiger charge is 2.21. The van der Waals surface area contributed by atoms with Crippen molar-refractivity contribution in [2.45, 2.75) is 36.6 Å². The van der Waals surface area contributed by atoms with Crippen LogP contribution in [0.1, 0.15) is 29.7 Å². The third kappa shape index (κ3) is 4.28.